The Morgan fingerprint density at radius 2 is 2.13 bits per heavy atom. The van der Waals surface area contributed by atoms with E-state index in [0.29, 0.717) is 12.2 Å². The summed E-state index contributed by atoms with van der Waals surface area (Å²) in [5, 5.41) is 18.0. The fourth-order valence-electron chi connectivity index (χ4n) is 2.23. The van der Waals surface area contributed by atoms with Crippen LogP contribution in [0.3, 0.4) is 0 Å². The number of carbonyl (C=O) groups is 1. The fourth-order valence-corrected chi connectivity index (χ4v) is 2.23. The lowest BCUT2D eigenvalue weighted by atomic mass is 10.1. The number of esters is 1. The average molecular weight is 318 g/mol. The number of nitrogens with one attached hydrogen (secondary N) is 1. The van der Waals surface area contributed by atoms with Crippen LogP contribution in [0.15, 0.2) is 24.3 Å². The molecule has 0 fully saturated rings. The topological polar surface area (TPSA) is 99.3 Å². The van der Waals surface area contributed by atoms with Crippen LogP contribution in [0.4, 0.5) is 11.4 Å². The molecule has 0 spiro atoms. The highest BCUT2D eigenvalue weighted by atomic mass is 16.6. The first-order valence-electron chi connectivity index (χ1n) is 7.06. The van der Waals surface area contributed by atoms with Crippen molar-refractivity contribution in [3.8, 4) is 0 Å². The largest absolute Gasteiger partial charge is 0.460 e. The van der Waals surface area contributed by atoms with Gasteiger partial charge in [0, 0.05) is 18.8 Å². The molecule has 2 rings (SSSR count). The number of nitrogens with zero attached hydrogens (tertiary/aromatic N) is 3. The molecule has 1 heterocycles. The lowest BCUT2D eigenvalue weighted by Crippen LogP contribution is -2.13. The molecule has 0 amide bonds. The smallest absolute Gasteiger partial charge is 0.338 e. The van der Waals surface area contributed by atoms with Gasteiger partial charge in [-0.05, 0) is 32.0 Å². The normalized spacial score (nSPS) is 10.4. The molecular weight excluding hydrogens is 300 g/mol. The van der Waals surface area contributed by atoms with Gasteiger partial charge in [-0.15, -0.1) is 0 Å². The molecule has 0 aliphatic rings. The zero-order chi connectivity index (χ0) is 17.0. The van der Waals surface area contributed by atoms with E-state index in [1.807, 2.05) is 19.9 Å². The quantitative estimate of drug-likeness (QED) is 0.498. The van der Waals surface area contributed by atoms with Crippen LogP contribution >= 0.6 is 0 Å². The minimum absolute atomic E-state index is 0.141. The number of carbonyl (C=O) groups excluding carboxylic acids is 1. The first-order valence-corrected chi connectivity index (χ1v) is 7.06. The lowest BCUT2D eigenvalue weighted by Gasteiger charge is -2.08. The van der Waals surface area contributed by atoms with Gasteiger partial charge in [0.1, 0.15) is 12.3 Å². The van der Waals surface area contributed by atoms with Crippen molar-refractivity contribution in [3.63, 3.8) is 0 Å². The van der Waals surface area contributed by atoms with Crippen molar-refractivity contribution in [1.29, 1.82) is 0 Å². The van der Waals surface area contributed by atoms with Crippen molar-refractivity contribution < 1.29 is 14.5 Å². The second kappa shape index (κ2) is 6.91. The Kier molecular flexibility index (Phi) is 4.95. The number of nitro benzene ring substituents is 1. The van der Waals surface area contributed by atoms with Gasteiger partial charge >= 0.3 is 5.97 Å². The molecule has 1 N–H and O–H groups in total. The van der Waals surface area contributed by atoms with Crippen molar-refractivity contribution in [3.05, 3.63) is 51.3 Å². The number of hydrogen-bond acceptors (Lipinski definition) is 6. The Balaban J connectivity index is 2.02. The Labute approximate surface area is 133 Å². The Bertz CT molecular complexity index is 739. The molecule has 8 heteroatoms. The van der Waals surface area contributed by atoms with E-state index in [2.05, 4.69) is 10.4 Å². The summed E-state index contributed by atoms with van der Waals surface area (Å²) in [4.78, 5) is 22.5. The molecule has 2 aromatic rings. The first kappa shape index (κ1) is 16.5. The minimum Gasteiger partial charge on any atom is -0.460 e. The standard InChI is InChI=1S/C15H18N4O4/c1-10-8-11(2)18(17-10)6-7-23-15(20)12-4-5-13(16-3)14(9-12)19(21)22/h4-5,8-9,16H,6-7H2,1-3H3. The van der Waals surface area contributed by atoms with Crippen molar-refractivity contribution in [2.24, 2.45) is 0 Å². The van der Waals surface area contributed by atoms with E-state index in [-0.39, 0.29) is 17.9 Å². The van der Waals surface area contributed by atoms with E-state index >= 15 is 0 Å². The first-order chi connectivity index (χ1) is 10.9. The van der Waals surface area contributed by atoms with Gasteiger partial charge in [-0.1, -0.05) is 0 Å². The molecule has 0 aliphatic carbocycles. The van der Waals surface area contributed by atoms with E-state index in [9.17, 15) is 14.9 Å². The number of aryl methyl sites for hydroxylation is 2. The number of aromatic nitrogens is 2. The van der Waals surface area contributed by atoms with E-state index in [1.54, 1.807) is 11.7 Å². The van der Waals surface area contributed by atoms with Gasteiger partial charge in [-0.2, -0.15) is 5.10 Å². The molecule has 0 bridgehead atoms. The monoisotopic (exact) mass is 318 g/mol. The van der Waals surface area contributed by atoms with Gasteiger partial charge in [0.15, 0.2) is 0 Å². The van der Waals surface area contributed by atoms with Crippen LogP contribution < -0.4 is 5.32 Å². The van der Waals surface area contributed by atoms with Gasteiger partial charge in [0.25, 0.3) is 5.69 Å². The van der Waals surface area contributed by atoms with Crippen LogP contribution in [0.25, 0.3) is 0 Å². The second-order valence-electron chi connectivity index (χ2n) is 5.03. The van der Waals surface area contributed by atoms with Gasteiger partial charge in [-0.3, -0.25) is 14.8 Å². The molecule has 8 nitrogen and oxygen atoms in total. The summed E-state index contributed by atoms with van der Waals surface area (Å²) in [7, 11) is 1.58. The van der Waals surface area contributed by atoms with E-state index in [1.165, 1.54) is 18.2 Å². The number of rotatable bonds is 6. The molecule has 0 unspecified atom stereocenters. The zero-order valence-electron chi connectivity index (χ0n) is 13.2. The summed E-state index contributed by atoms with van der Waals surface area (Å²) in [5.41, 5.74) is 2.19. The van der Waals surface area contributed by atoms with Crippen LogP contribution in [-0.4, -0.2) is 34.3 Å². The minimum atomic E-state index is -0.600. The highest BCUT2D eigenvalue weighted by Gasteiger charge is 2.17. The van der Waals surface area contributed by atoms with Crippen LogP contribution in [0.2, 0.25) is 0 Å². The number of benzene rings is 1. The summed E-state index contributed by atoms with van der Waals surface area (Å²) in [6, 6.07) is 6.11. The predicted molar refractivity (Wildman–Crippen MR) is 84.6 cm³/mol. The van der Waals surface area contributed by atoms with E-state index in [4.69, 9.17) is 4.74 Å². The van der Waals surface area contributed by atoms with Gasteiger partial charge in [-0.25, -0.2) is 4.79 Å². The van der Waals surface area contributed by atoms with Gasteiger partial charge in [0.2, 0.25) is 0 Å². The third kappa shape index (κ3) is 3.85. The Morgan fingerprint density at radius 1 is 1.39 bits per heavy atom. The van der Waals surface area contributed by atoms with E-state index < -0.39 is 10.9 Å². The Hall–Kier alpha value is -2.90. The second-order valence-corrected chi connectivity index (χ2v) is 5.03. The average Bonchev–Trinajstić information content (AvgIpc) is 2.84. The summed E-state index contributed by atoms with van der Waals surface area (Å²) in [6.45, 7) is 4.38. The number of nitro groups is 1. The summed E-state index contributed by atoms with van der Waals surface area (Å²) in [5.74, 6) is -0.600. The zero-order valence-corrected chi connectivity index (χ0v) is 13.2. The maximum absolute atomic E-state index is 12.0. The molecule has 1 aromatic carbocycles. The van der Waals surface area contributed by atoms with Gasteiger partial charge in [0.05, 0.1) is 22.7 Å². The Morgan fingerprint density at radius 3 is 2.70 bits per heavy atom. The molecular formula is C15H18N4O4. The van der Waals surface area contributed by atoms with Crippen LogP contribution in [0.5, 0.6) is 0 Å². The third-order valence-corrected chi connectivity index (χ3v) is 3.34. The molecule has 0 radical (unpaired) electrons. The molecule has 0 saturated heterocycles. The SMILES string of the molecule is CNc1ccc(C(=O)OCCn2nc(C)cc2C)cc1[N+](=O)[O-]. The summed E-state index contributed by atoms with van der Waals surface area (Å²) in [6.07, 6.45) is 0. The number of ether oxygens (including phenoxy) is 1. The maximum Gasteiger partial charge on any atom is 0.338 e. The number of hydrogen-bond donors (Lipinski definition) is 1. The van der Waals surface area contributed by atoms with E-state index in [0.717, 1.165) is 11.4 Å². The molecule has 1 aromatic heterocycles. The van der Waals surface area contributed by atoms with Crippen molar-refractivity contribution in [2.45, 2.75) is 20.4 Å². The van der Waals surface area contributed by atoms with Crippen molar-refractivity contribution in [1.82, 2.24) is 9.78 Å². The predicted octanol–water partition coefficient (Wildman–Crippen LogP) is 2.31. The molecule has 0 aliphatic heterocycles. The highest BCUT2D eigenvalue weighted by molar-refractivity contribution is 5.91. The highest BCUT2D eigenvalue weighted by Crippen LogP contribution is 2.25. The van der Waals surface area contributed by atoms with Crippen LogP contribution in [0, 0.1) is 24.0 Å². The summed E-state index contributed by atoms with van der Waals surface area (Å²) < 4.78 is 6.91. The third-order valence-electron chi connectivity index (χ3n) is 3.34. The van der Waals surface area contributed by atoms with Crippen LogP contribution in [-0.2, 0) is 11.3 Å². The van der Waals surface area contributed by atoms with Crippen molar-refractivity contribution in [2.75, 3.05) is 19.0 Å². The molecule has 0 atom stereocenters. The fraction of sp³-hybridized carbons (Fsp3) is 0.333. The van der Waals surface area contributed by atoms with Crippen molar-refractivity contribution >= 4 is 17.3 Å². The molecule has 122 valence electrons. The molecule has 23 heavy (non-hydrogen) atoms. The lowest BCUT2D eigenvalue weighted by molar-refractivity contribution is -0.384. The summed E-state index contributed by atoms with van der Waals surface area (Å²) >= 11 is 0. The van der Waals surface area contributed by atoms with Crippen LogP contribution in [0.1, 0.15) is 21.7 Å². The molecule has 0 saturated carbocycles. The number of anilines is 1. The maximum atomic E-state index is 12.0. The van der Waals surface area contributed by atoms with Gasteiger partial charge < -0.3 is 10.1 Å².